The first kappa shape index (κ1) is 14.8. The van der Waals surface area contributed by atoms with Gasteiger partial charge in [-0.3, -0.25) is 4.98 Å². The molecular weight excluding hydrogens is 312 g/mol. The van der Waals surface area contributed by atoms with Crippen molar-refractivity contribution in [3.8, 4) is 33.0 Å². The Kier molecular flexibility index (Phi) is 3.93. The highest BCUT2D eigenvalue weighted by Gasteiger charge is 2.12. The molecule has 0 N–H and O–H groups in total. The first-order valence-electron chi connectivity index (χ1n) is 7.83. The second kappa shape index (κ2) is 6.38. The van der Waals surface area contributed by atoms with E-state index in [9.17, 15) is 0 Å². The van der Waals surface area contributed by atoms with E-state index in [1.807, 2.05) is 18.5 Å². The summed E-state index contributed by atoms with van der Waals surface area (Å²) < 4.78 is 0. The van der Waals surface area contributed by atoms with Crippen molar-refractivity contribution in [2.24, 2.45) is 0 Å². The van der Waals surface area contributed by atoms with E-state index in [0.29, 0.717) is 0 Å². The van der Waals surface area contributed by atoms with Crippen molar-refractivity contribution in [2.45, 2.75) is 6.92 Å². The highest BCUT2D eigenvalue weighted by Crippen LogP contribution is 2.35. The SMILES string of the molecule is Cc1ccc(-c2csc(-c3cnccc3-c3ccccc3)n2)cc1. The number of hydrogen-bond donors (Lipinski definition) is 0. The fourth-order valence-corrected chi connectivity index (χ4v) is 3.54. The van der Waals surface area contributed by atoms with Crippen LogP contribution in [0.1, 0.15) is 5.56 Å². The lowest BCUT2D eigenvalue weighted by Crippen LogP contribution is -1.86. The van der Waals surface area contributed by atoms with Gasteiger partial charge in [0.2, 0.25) is 0 Å². The number of pyridine rings is 1. The van der Waals surface area contributed by atoms with Crippen LogP contribution in [0.5, 0.6) is 0 Å². The zero-order chi connectivity index (χ0) is 16.4. The van der Waals surface area contributed by atoms with Crippen molar-refractivity contribution < 1.29 is 0 Å². The Morgan fingerprint density at radius 3 is 2.38 bits per heavy atom. The van der Waals surface area contributed by atoms with E-state index >= 15 is 0 Å². The average Bonchev–Trinajstić information content (AvgIpc) is 3.13. The molecule has 0 atom stereocenters. The van der Waals surface area contributed by atoms with Crippen molar-refractivity contribution in [2.75, 3.05) is 0 Å². The van der Waals surface area contributed by atoms with Crippen molar-refractivity contribution in [3.63, 3.8) is 0 Å². The summed E-state index contributed by atoms with van der Waals surface area (Å²) in [6.07, 6.45) is 3.74. The number of hydrogen-bond acceptors (Lipinski definition) is 3. The molecular formula is C21H16N2S. The topological polar surface area (TPSA) is 25.8 Å². The maximum atomic E-state index is 4.85. The maximum absolute atomic E-state index is 4.85. The first-order chi connectivity index (χ1) is 11.8. The Morgan fingerprint density at radius 1 is 0.792 bits per heavy atom. The van der Waals surface area contributed by atoms with Crippen LogP contribution in [0.3, 0.4) is 0 Å². The minimum absolute atomic E-state index is 0.998. The molecule has 0 saturated carbocycles. The summed E-state index contributed by atoms with van der Waals surface area (Å²) in [4.78, 5) is 9.15. The molecule has 0 aliphatic carbocycles. The normalized spacial score (nSPS) is 10.7. The average molecular weight is 328 g/mol. The molecule has 0 aliphatic heterocycles. The third-order valence-corrected chi connectivity index (χ3v) is 4.86. The Labute approximate surface area is 145 Å². The summed E-state index contributed by atoms with van der Waals surface area (Å²) in [6.45, 7) is 2.10. The Hall–Kier alpha value is -2.78. The fourth-order valence-electron chi connectivity index (χ4n) is 2.69. The van der Waals surface area contributed by atoms with Crippen LogP contribution < -0.4 is 0 Å². The standard InChI is InChI=1S/C21H16N2S/c1-15-7-9-17(10-8-15)20-14-24-21(23-20)19-13-22-12-11-18(19)16-5-3-2-4-6-16/h2-14H,1H3. The van der Waals surface area contributed by atoms with Crippen LogP contribution >= 0.6 is 11.3 Å². The molecule has 4 rings (SSSR count). The second-order valence-corrected chi connectivity index (χ2v) is 6.55. The molecule has 3 heteroatoms. The summed E-state index contributed by atoms with van der Waals surface area (Å²) in [5.41, 5.74) is 6.84. The van der Waals surface area contributed by atoms with Gasteiger partial charge in [0.05, 0.1) is 5.69 Å². The minimum atomic E-state index is 0.998. The van der Waals surface area contributed by atoms with Crippen molar-refractivity contribution >= 4 is 11.3 Å². The highest BCUT2D eigenvalue weighted by atomic mass is 32.1. The van der Waals surface area contributed by atoms with E-state index < -0.39 is 0 Å². The van der Waals surface area contributed by atoms with Crippen LogP contribution in [0.25, 0.3) is 33.0 Å². The van der Waals surface area contributed by atoms with Crippen molar-refractivity contribution in [3.05, 3.63) is 84.0 Å². The molecule has 0 bridgehead atoms. The van der Waals surface area contributed by atoms with Gasteiger partial charge in [0, 0.05) is 28.9 Å². The lowest BCUT2D eigenvalue weighted by Gasteiger charge is -2.06. The van der Waals surface area contributed by atoms with Crippen LogP contribution in [0.2, 0.25) is 0 Å². The maximum Gasteiger partial charge on any atom is 0.126 e. The van der Waals surface area contributed by atoms with Gasteiger partial charge < -0.3 is 0 Å². The van der Waals surface area contributed by atoms with Crippen molar-refractivity contribution in [1.82, 2.24) is 9.97 Å². The van der Waals surface area contributed by atoms with Crippen LogP contribution in [0, 0.1) is 6.92 Å². The predicted octanol–water partition coefficient (Wildman–Crippen LogP) is 5.85. The Balaban J connectivity index is 1.77. The summed E-state index contributed by atoms with van der Waals surface area (Å²) in [7, 11) is 0. The van der Waals surface area contributed by atoms with Gasteiger partial charge in [-0.1, -0.05) is 60.2 Å². The number of benzene rings is 2. The number of aromatic nitrogens is 2. The molecule has 0 aliphatic rings. The zero-order valence-corrected chi connectivity index (χ0v) is 14.1. The number of nitrogens with zero attached hydrogens (tertiary/aromatic N) is 2. The number of rotatable bonds is 3. The van der Waals surface area contributed by atoms with Gasteiger partial charge in [-0.2, -0.15) is 0 Å². The quantitative estimate of drug-likeness (QED) is 0.471. The molecule has 0 saturated heterocycles. The van der Waals surface area contributed by atoms with Crippen LogP contribution in [-0.2, 0) is 0 Å². The van der Waals surface area contributed by atoms with Crippen LogP contribution in [-0.4, -0.2) is 9.97 Å². The molecule has 0 fully saturated rings. The third-order valence-electron chi connectivity index (χ3n) is 3.99. The van der Waals surface area contributed by atoms with Gasteiger partial charge in [0.15, 0.2) is 0 Å². The van der Waals surface area contributed by atoms with Crippen molar-refractivity contribution in [1.29, 1.82) is 0 Å². The summed E-state index contributed by atoms with van der Waals surface area (Å²) in [6, 6.07) is 20.9. The largest absolute Gasteiger partial charge is 0.264 e. The van der Waals surface area contributed by atoms with Gasteiger partial charge in [0.1, 0.15) is 5.01 Å². The van der Waals surface area contributed by atoms with E-state index in [1.54, 1.807) is 11.3 Å². The number of aryl methyl sites for hydroxylation is 1. The molecule has 2 heterocycles. The fraction of sp³-hybridized carbons (Fsp3) is 0.0476. The van der Waals surface area contributed by atoms with E-state index in [2.05, 4.69) is 71.9 Å². The molecule has 2 aromatic heterocycles. The highest BCUT2D eigenvalue weighted by molar-refractivity contribution is 7.13. The van der Waals surface area contributed by atoms with Gasteiger partial charge in [-0.25, -0.2) is 4.98 Å². The molecule has 0 spiro atoms. The monoisotopic (exact) mass is 328 g/mol. The molecule has 0 amide bonds. The van der Waals surface area contributed by atoms with Gasteiger partial charge in [-0.15, -0.1) is 11.3 Å². The minimum Gasteiger partial charge on any atom is -0.264 e. The Morgan fingerprint density at radius 2 is 1.58 bits per heavy atom. The summed E-state index contributed by atoms with van der Waals surface area (Å²) in [5, 5.41) is 3.11. The zero-order valence-electron chi connectivity index (χ0n) is 13.3. The Bertz CT molecular complexity index is 957. The predicted molar refractivity (Wildman–Crippen MR) is 101 cm³/mol. The summed E-state index contributed by atoms with van der Waals surface area (Å²) >= 11 is 1.66. The smallest absolute Gasteiger partial charge is 0.126 e. The molecule has 2 nitrogen and oxygen atoms in total. The molecule has 116 valence electrons. The summed E-state index contributed by atoms with van der Waals surface area (Å²) in [5.74, 6) is 0. The number of thiazole rings is 1. The lowest BCUT2D eigenvalue weighted by atomic mass is 10.0. The molecule has 2 aromatic carbocycles. The molecule has 24 heavy (non-hydrogen) atoms. The van der Waals surface area contributed by atoms with Gasteiger partial charge in [-0.05, 0) is 24.1 Å². The molecule has 0 radical (unpaired) electrons. The van der Waals surface area contributed by atoms with E-state index in [1.165, 1.54) is 11.1 Å². The van der Waals surface area contributed by atoms with Gasteiger partial charge in [0.25, 0.3) is 0 Å². The van der Waals surface area contributed by atoms with Gasteiger partial charge >= 0.3 is 0 Å². The van der Waals surface area contributed by atoms with E-state index in [0.717, 1.165) is 27.4 Å². The lowest BCUT2D eigenvalue weighted by molar-refractivity contribution is 1.31. The van der Waals surface area contributed by atoms with Crippen LogP contribution in [0.4, 0.5) is 0 Å². The first-order valence-corrected chi connectivity index (χ1v) is 8.71. The molecule has 4 aromatic rings. The van der Waals surface area contributed by atoms with Crippen LogP contribution in [0.15, 0.2) is 78.4 Å². The molecule has 0 unspecified atom stereocenters. The third kappa shape index (κ3) is 2.86. The second-order valence-electron chi connectivity index (χ2n) is 5.69. The van der Waals surface area contributed by atoms with E-state index in [4.69, 9.17) is 4.98 Å². The van der Waals surface area contributed by atoms with E-state index in [-0.39, 0.29) is 0 Å².